The van der Waals surface area contributed by atoms with E-state index in [1.165, 1.54) is 0 Å². The fraction of sp³-hybridized carbons (Fsp3) is 0.500. The van der Waals surface area contributed by atoms with Gasteiger partial charge in [0.05, 0.1) is 6.76 Å². The molecule has 0 saturated heterocycles. The maximum atomic E-state index is 12.9. The average Bonchev–Trinajstić information content (AvgIpc) is 2.88. The number of carbonyl (C=O) groups is 1. The minimum atomic E-state index is -3.08. The number of fused-ring (bicyclic) bond motifs is 1. The Morgan fingerprint density at radius 3 is 3.00 bits per heavy atom. The summed E-state index contributed by atoms with van der Waals surface area (Å²) < 4.78 is 75.1. The molecular weight excluding hydrogens is 258 g/mol. The van der Waals surface area contributed by atoms with E-state index in [0.717, 1.165) is 0 Å². The van der Waals surface area contributed by atoms with Crippen molar-refractivity contribution in [3.05, 3.63) is 32.6 Å². The smallest absolute Gasteiger partial charge is 0.332 e. The summed E-state index contributed by atoms with van der Waals surface area (Å²) in [6.45, 7) is -9.13. The largest absolute Gasteiger partial charge is 0.347 e. The van der Waals surface area contributed by atoms with Gasteiger partial charge < -0.3 is 9.78 Å². The first-order valence-corrected chi connectivity index (χ1v) is 5.90. The van der Waals surface area contributed by atoms with Gasteiger partial charge in [0.1, 0.15) is 11.4 Å². The van der Waals surface area contributed by atoms with E-state index in [0.29, 0.717) is 4.57 Å². The van der Waals surface area contributed by atoms with Gasteiger partial charge in [-0.15, -0.1) is 0 Å². The zero-order valence-corrected chi connectivity index (χ0v) is 10.4. The number of nitrogens with zero attached hydrogens (tertiary/aromatic N) is 2. The summed E-state index contributed by atoms with van der Waals surface area (Å²) in [4.78, 5) is 39.2. The van der Waals surface area contributed by atoms with Gasteiger partial charge in [0.2, 0.25) is 0 Å². The van der Waals surface area contributed by atoms with Crippen LogP contribution in [0, 0.1) is 6.85 Å². The third-order valence-corrected chi connectivity index (χ3v) is 2.93. The van der Waals surface area contributed by atoms with E-state index in [4.69, 9.17) is 13.7 Å². The Bertz CT molecular complexity index is 1080. The van der Waals surface area contributed by atoms with Crippen molar-refractivity contribution >= 4 is 16.8 Å². The van der Waals surface area contributed by atoms with Crippen molar-refractivity contribution in [2.75, 3.05) is 0 Å². The number of aromatic nitrogens is 3. The Morgan fingerprint density at radius 1 is 1.45 bits per heavy atom. The summed E-state index contributed by atoms with van der Waals surface area (Å²) in [5.74, 6) is -0.987. The normalized spacial score (nSPS) is 20.4. The van der Waals surface area contributed by atoms with Crippen LogP contribution in [0.5, 0.6) is 0 Å². The molecule has 2 rings (SSSR count). The van der Waals surface area contributed by atoms with Gasteiger partial charge in [0.15, 0.2) is 0 Å². The molecule has 0 spiro atoms. The van der Waals surface area contributed by atoms with Crippen LogP contribution in [-0.2, 0) is 18.3 Å². The molecule has 0 aliphatic carbocycles. The molecule has 0 amide bonds. The van der Waals surface area contributed by atoms with Gasteiger partial charge in [-0.2, -0.15) is 0 Å². The van der Waals surface area contributed by atoms with Crippen LogP contribution in [0.2, 0.25) is 0 Å². The van der Waals surface area contributed by atoms with E-state index in [1.54, 1.807) is 0 Å². The van der Waals surface area contributed by atoms with Crippen LogP contribution in [0.4, 0.5) is 0 Å². The Hall–Kier alpha value is -2.11. The molecule has 0 unspecified atom stereocenters. The number of hydrogen-bond donors (Lipinski definition) is 1. The highest BCUT2D eigenvalue weighted by Gasteiger charge is 2.13. The number of rotatable bonds is 5. The van der Waals surface area contributed by atoms with E-state index in [-0.39, 0.29) is 30.4 Å². The maximum Gasteiger partial charge on any atom is 0.332 e. The molecule has 2 heterocycles. The first-order valence-electron chi connectivity index (χ1n) is 10.9. The van der Waals surface area contributed by atoms with Gasteiger partial charge in [0.25, 0.3) is 5.56 Å². The lowest BCUT2D eigenvalue weighted by Gasteiger charge is -2.08. The zero-order valence-electron chi connectivity index (χ0n) is 20.4. The third-order valence-electron chi connectivity index (χ3n) is 2.93. The van der Waals surface area contributed by atoms with Crippen molar-refractivity contribution in [1.29, 1.82) is 0 Å². The van der Waals surface area contributed by atoms with Gasteiger partial charge in [-0.05, 0) is 32.1 Å². The van der Waals surface area contributed by atoms with Crippen LogP contribution in [0.1, 0.15) is 45.4 Å². The van der Waals surface area contributed by atoms with Gasteiger partial charge in [-0.3, -0.25) is 13.9 Å². The number of hydrogen-bond acceptors (Lipinski definition) is 3. The van der Waals surface area contributed by atoms with Crippen LogP contribution in [-0.4, -0.2) is 19.9 Å². The zero-order chi connectivity index (χ0) is 23.2. The molecule has 6 nitrogen and oxygen atoms in total. The molecule has 0 radical (unpaired) electrons. The Balaban J connectivity index is 2.59. The van der Waals surface area contributed by atoms with Gasteiger partial charge in [0, 0.05) is 38.5 Å². The molecule has 0 aliphatic rings. The summed E-state index contributed by atoms with van der Waals surface area (Å²) in [5, 5.41) is -0.603. The molecule has 6 heteroatoms. The van der Waals surface area contributed by atoms with Crippen LogP contribution >= 0.6 is 0 Å². The van der Waals surface area contributed by atoms with E-state index in [9.17, 15) is 14.4 Å². The first kappa shape index (κ1) is 6.11. The average molecular weight is 287 g/mol. The molecule has 0 aliphatic heterocycles. The van der Waals surface area contributed by atoms with E-state index < -0.39 is 60.5 Å². The summed E-state index contributed by atoms with van der Waals surface area (Å²) in [7, 11) is 0. The van der Waals surface area contributed by atoms with Crippen molar-refractivity contribution in [2.45, 2.75) is 39.5 Å². The van der Waals surface area contributed by atoms with Gasteiger partial charge in [-0.1, -0.05) is 0 Å². The highest BCUT2D eigenvalue weighted by molar-refractivity contribution is 5.78. The number of ketones is 1. The number of nitrogens with one attached hydrogen (secondary N) is 1. The Labute approximate surface area is 130 Å². The van der Waals surface area contributed by atoms with Gasteiger partial charge >= 0.3 is 5.69 Å². The lowest BCUT2D eigenvalue weighted by Crippen LogP contribution is -2.39. The number of H-pyrrole nitrogens is 1. The molecule has 0 aromatic carbocycles. The van der Waals surface area contributed by atoms with Crippen LogP contribution in [0.25, 0.3) is 11.0 Å². The summed E-state index contributed by atoms with van der Waals surface area (Å²) in [5.41, 5.74) is -3.62. The monoisotopic (exact) mass is 287 g/mol. The highest BCUT2D eigenvalue weighted by atomic mass is 16.2. The molecule has 1 N–H and O–H groups in total. The fourth-order valence-electron chi connectivity index (χ4n) is 1.93. The minimum Gasteiger partial charge on any atom is -0.347 e. The second-order valence-electron chi connectivity index (χ2n) is 4.30. The second-order valence-corrected chi connectivity index (χ2v) is 4.30. The first-order chi connectivity index (χ1) is 13.5. The van der Waals surface area contributed by atoms with Gasteiger partial charge in [-0.25, -0.2) is 4.79 Å². The summed E-state index contributed by atoms with van der Waals surface area (Å²) in [6, 6.07) is 0. The molecule has 108 valence electrons. The SMILES string of the molecule is [2H]c1[nH]c2c(c1C([2H])([2H])[2H])c(=O)n(CCCCC(=O)C([2H])([2H])[2H])c(=O)n2C([2H])([2H])[2H]. The highest BCUT2D eigenvalue weighted by Crippen LogP contribution is 2.10. The molecule has 2 aromatic rings. The van der Waals surface area contributed by atoms with Crippen molar-refractivity contribution in [3.63, 3.8) is 0 Å². The van der Waals surface area contributed by atoms with E-state index in [2.05, 4.69) is 4.98 Å². The molecule has 0 saturated carbocycles. The molecule has 0 bridgehead atoms. The van der Waals surface area contributed by atoms with Crippen LogP contribution < -0.4 is 11.2 Å². The van der Waals surface area contributed by atoms with Crippen molar-refractivity contribution in [3.8, 4) is 0 Å². The molecule has 0 atom stereocenters. The van der Waals surface area contributed by atoms with E-state index >= 15 is 0 Å². The Kier molecular flexibility index (Phi) is 1.68. The number of aryl methyl sites for hydroxylation is 2. The fourth-order valence-corrected chi connectivity index (χ4v) is 1.93. The minimum absolute atomic E-state index is 0.00920. The maximum absolute atomic E-state index is 12.9. The quantitative estimate of drug-likeness (QED) is 0.836. The lowest BCUT2D eigenvalue weighted by atomic mass is 10.2. The predicted octanol–water partition coefficient (Wildman–Crippen LogP) is 1.10. The lowest BCUT2D eigenvalue weighted by molar-refractivity contribution is -0.117. The summed E-state index contributed by atoms with van der Waals surface area (Å²) >= 11 is 0. The van der Waals surface area contributed by atoms with Crippen LogP contribution in [0.15, 0.2) is 15.8 Å². The Morgan fingerprint density at radius 2 is 2.30 bits per heavy atom. The number of unbranched alkanes of at least 4 members (excludes halogenated alkanes) is 1. The second kappa shape index (κ2) is 5.48. The predicted molar refractivity (Wildman–Crippen MR) is 77.1 cm³/mol. The van der Waals surface area contributed by atoms with Crippen LogP contribution in [0.3, 0.4) is 0 Å². The molecule has 2 aromatic heterocycles. The number of aromatic amines is 1. The number of Topliss-reactive ketones (excluding diaryl/α,β-unsaturated/α-hetero) is 1. The molecule has 0 fully saturated rings. The standard InChI is InChI=1S/C14H19N3O3/c1-9-8-15-12-11(9)13(19)17(14(20)16(12)3)7-5-4-6-10(2)18/h8,15H,4-7H2,1-3H3/i1D3,2D3,3D3,8D. The third kappa shape index (κ3) is 2.45. The topological polar surface area (TPSA) is 76.9 Å². The van der Waals surface area contributed by atoms with Crippen molar-refractivity contribution in [2.24, 2.45) is 6.98 Å². The van der Waals surface area contributed by atoms with Crippen molar-refractivity contribution < 1.29 is 18.5 Å². The molecule has 20 heavy (non-hydrogen) atoms. The van der Waals surface area contributed by atoms with E-state index in [1.807, 2.05) is 0 Å². The summed E-state index contributed by atoms with van der Waals surface area (Å²) in [6.07, 6.45) is -1.04. The number of carbonyl (C=O) groups excluding carboxylic acids is 1. The van der Waals surface area contributed by atoms with Crippen molar-refractivity contribution in [1.82, 2.24) is 14.1 Å². The molecular formula is C14H19N3O3.